The number of rotatable bonds is 9. The summed E-state index contributed by atoms with van der Waals surface area (Å²) >= 11 is 0. The smallest absolute Gasteiger partial charge is 0.335 e. The molecule has 3 aliphatic rings. The van der Waals surface area contributed by atoms with Crippen LogP contribution in [0.5, 0.6) is 5.75 Å². The third kappa shape index (κ3) is 5.68. The van der Waals surface area contributed by atoms with Crippen LogP contribution in [0.25, 0.3) is 11.1 Å². The van der Waals surface area contributed by atoms with E-state index in [0.717, 1.165) is 61.6 Å². The lowest BCUT2D eigenvalue weighted by Crippen LogP contribution is -2.49. The molecule has 3 aromatic carbocycles. The first-order valence-electron chi connectivity index (χ1n) is 14.6. The van der Waals surface area contributed by atoms with Crippen molar-refractivity contribution in [2.24, 2.45) is 23.7 Å². The Hall–Kier alpha value is -4.60. The Morgan fingerprint density at radius 3 is 2.41 bits per heavy atom. The molecule has 10 heteroatoms. The van der Waals surface area contributed by atoms with Gasteiger partial charge in [0.05, 0.1) is 24.2 Å². The van der Waals surface area contributed by atoms with Crippen molar-refractivity contribution in [1.29, 1.82) is 0 Å². The molecule has 0 heterocycles. The summed E-state index contributed by atoms with van der Waals surface area (Å²) < 4.78 is 48.2. The first-order chi connectivity index (χ1) is 21.1. The number of ether oxygens (including phenoxy) is 1. The van der Waals surface area contributed by atoms with Gasteiger partial charge in [-0.2, -0.15) is 0 Å². The van der Waals surface area contributed by atoms with Gasteiger partial charge in [0.1, 0.15) is 23.2 Å². The number of carboxylic acid groups (broad SMARTS) is 1. The molecule has 3 N–H and O–H groups in total. The summed E-state index contributed by atoms with van der Waals surface area (Å²) in [5, 5.41) is 15.2. The molecular weight excluding hydrogens is 573 g/mol. The van der Waals surface area contributed by atoms with Gasteiger partial charge in [-0.15, -0.1) is 0 Å². The van der Waals surface area contributed by atoms with Gasteiger partial charge in [-0.25, -0.2) is 18.0 Å². The van der Waals surface area contributed by atoms with Crippen molar-refractivity contribution < 1.29 is 37.4 Å². The molecule has 228 valence electrons. The Morgan fingerprint density at radius 1 is 0.932 bits per heavy atom. The minimum atomic E-state index is -1.21. The van der Waals surface area contributed by atoms with E-state index in [4.69, 9.17) is 4.74 Å². The van der Waals surface area contributed by atoms with E-state index < -0.39 is 41.3 Å². The highest BCUT2D eigenvalue weighted by atomic mass is 19.1. The van der Waals surface area contributed by atoms with Gasteiger partial charge < -0.3 is 20.5 Å². The van der Waals surface area contributed by atoms with E-state index in [1.54, 1.807) is 0 Å². The van der Waals surface area contributed by atoms with Crippen LogP contribution in [0.4, 0.5) is 13.2 Å². The fourth-order valence-corrected chi connectivity index (χ4v) is 6.70. The van der Waals surface area contributed by atoms with Gasteiger partial charge in [0.15, 0.2) is 0 Å². The number of methoxy groups -OCH3 is 1. The fraction of sp³-hybridized carbons (Fsp3) is 0.324. The van der Waals surface area contributed by atoms with Gasteiger partial charge in [-0.3, -0.25) is 9.59 Å². The van der Waals surface area contributed by atoms with Crippen molar-refractivity contribution in [3.05, 3.63) is 100 Å². The van der Waals surface area contributed by atoms with E-state index in [1.807, 2.05) is 0 Å². The molecule has 2 amide bonds. The van der Waals surface area contributed by atoms with E-state index >= 15 is 0 Å². The minimum absolute atomic E-state index is 0.0121. The molecule has 0 radical (unpaired) electrons. The Morgan fingerprint density at radius 2 is 1.68 bits per heavy atom. The van der Waals surface area contributed by atoms with Crippen molar-refractivity contribution in [3.63, 3.8) is 0 Å². The van der Waals surface area contributed by atoms with E-state index in [1.165, 1.54) is 31.4 Å². The zero-order valence-corrected chi connectivity index (χ0v) is 23.9. The van der Waals surface area contributed by atoms with Crippen LogP contribution in [-0.2, 0) is 11.3 Å². The summed E-state index contributed by atoms with van der Waals surface area (Å²) in [5.41, 5.74) is 1.47. The van der Waals surface area contributed by atoms with Gasteiger partial charge in [-0.1, -0.05) is 17.7 Å². The summed E-state index contributed by atoms with van der Waals surface area (Å²) in [6.45, 7) is -0.199. The zero-order chi connectivity index (χ0) is 31.1. The van der Waals surface area contributed by atoms with Crippen LogP contribution in [-0.4, -0.2) is 36.0 Å². The number of fused-ring (bicyclic) bond motifs is 2. The number of halogens is 3. The molecular formula is C34H31F3N2O5. The van der Waals surface area contributed by atoms with Crippen molar-refractivity contribution in [2.75, 3.05) is 7.11 Å². The summed E-state index contributed by atoms with van der Waals surface area (Å²) in [6.07, 6.45) is 5.97. The molecule has 0 spiro atoms. The van der Waals surface area contributed by atoms with Crippen LogP contribution >= 0.6 is 0 Å². The summed E-state index contributed by atoms with van der Waals surface area (Å²) in [5.74, 6) is -4.10. The number of aromatic carboxylic acids is 1. The van der Waals surface area contributed by atoms with Crippen LogP contribution in [0.3, 0.4) is 0 Å². The fourth-order valence-electron chi connectivity index (χ4n) is 6.70. The molecule has 3 saturated carbocycles. The molecule has 0 aromatic heterocycles. The van der Waals surface area contributed by atoms with Gasteiger partial charge in [0.2, 0.25) is 5.91 Å². The second-order valence-corrected chi connectivity index (χ2v) is 11.7. The van der Waals surface area contributed by atoms with Gasteiger partial charge in [-0.05, 0) is 91.6 Å². The second kappa shape index (κ2) is 11.8. The van der Waals surface area contributed by atoms with Gasteiger partial charge in [0.25, 0.3) is 5.91 Å². The summed E-state index contributed by atoms with van der Waals surface area (Å²) in [6, 6.07) is 10.4. The minimum Gasteiger partial charge on any atom is -0.496 e. The lowest BCUT2D eigenvalue weighted by molar-refractivity contribution is -0.127. The zero-order valence-electron chi connectivity index (χ0n) is 23.9. The maximum absolute atomic E-state index is 14.8. The molecule has 2 unspecified atom stereocenters. The average molecular weight is 605 g/mol. The van der Waals surface area contributed by atoms with E-state index in [-0.39, 0.29) is 57.9 Å². The largest absolute Gasteiger partial charge is 0.496 e. The van der Waals surface area contributed by atoms with Crippen LogP contribution in [0.1, 0.15) is 52.0 Å². The number of carbonyl (C=O) groups is 3. The predicted molar refractivity (Wildman–Crippen MR) is 155 cm³/mol. The second-order valence-electron chi connectivity index (χ2n) is 11.7. The molecule has 3 fully saturated rings. The first-order valence-corrected chi connectivity index (χ1v) is 14.6. The molecule has 3 aromatic rings. The number of allylic oxidation sites excluding steroid dienone is 1. The number of benzene rings is 3. The van der Waals surface area contributed by atoms with Crippen LogP contribution in [0.2, 0.25) is 0 Å². The number of amides is 2. The quantitative estimate of drug-likeness (QED) is 0.265. The van der Waals surface area contributed by atoms with Crippen LogP contribution in [0.15, 0.2) is 66.2 Å². The van der Waals surface area contributed by atoms with Gasteiger partial charge >= 0.3 is 5.97 Å². The maximum Gasteiger partial charge on any atom is 0.335 e. The van der Waals surface area contributed by atoms with Crippen molar-refractivity contribution >= 4 is 17.8 Å². The molecule has 2 bridgehead atoms. The SMILES string of the molecule is COc1ccc(-c2cc(C(=O)O)ccc2F)cc1C(=O)N[C@@H]1C2CCC(/C2=C/C2CC2)[C@@H]1C(=O)NCc1cc(F)ccc1F. The Labute approximate surface area is 252 Å². The number of hydrogen-bond donors (Lipinski definition) is 3. The maximum atomic E-state index is 14.8. The third-order valence-electron chi connectivity index (χ3n) is 8.98. The highest BCUT2D eigenvalue weighted by molar-refractivity contribution is 5.99. The van der Waals surface area contributed by atoms with Crippen molar-refractivity contribution in [1.82, 2.24) is 10.6 Å². The monoisotopic (exact) mass is 604 g/mol. The van der Waals surface area contributed by atoms with E-state index in [0.29, 0.717) is 5.92 Å². The predicted octanol–water partition coefficient (Wildman–Crippen LogP) is 5.88. The highest BCUT2D eigenvalue weighted by Crippen LogP contribution is 2.54. The van der Waals surface area contributed by atoms with E-state index in [2.05, 4.69) is 16.7 Å². The normalized spacial score (nSPS) is 23.0. The molecule has 0 saturated heterocycles. The third-order valence-corrected chi connectivity index (χ3v) is 8.98. The van der Waals surface area contributed by atoms with Gasteiger partial charge in [0, 0.05) is 29.6 Å². The van der Waals surface area contributed by atoms with Crippen LogP contribution < -0.4 is 15.4 Å². The lowest BCUT2D eigenvalue weighted by atomic mass is 9.83. The molecule has 7 nitrogen and oxygen atoms in total. The number of carboxylic acids is 1. The number of hydrogen-bond acceptors (Lipinski definition) is 4. The standard InChI is InChI=1S/C34H31F3N2O5/c1-44-29-11-5-18(24-15-19(34(42)43)4-9-28(24)37)14-26(29)32(40)39-31-23-8-7-22(25(23)12-17-2-3-17)30(31)33(41)38-16-20-13-21(35)6-10-27(20)36/h4-6,9-15,17,22-23,30-31H,2-3,7-8,16H2,1H3,(H,38,41)(H,39,40)(H,42,43)/b25-12-/t22?,23?,30-,31+/m0/s1. The molecule has 6 rings (SSSR count). The molecule has 0 aliphatic heterocycles. The topological polar surface area (TPSA) is 105 Å². The van der Waals surface area contributed by atoms with E-state index in [9.17, 15) is 32.7 Å². The summed E-state index contributed by atoms with van der Waals surface area (Å²) in [4.78, 5) is 39.0. The van der Waals surface area contributed by atoms with Crippen molar-refractivity contribution in [2.45, 2.75) is 38.3 Å². The lowest BCUT2D eigenvalue weighted by Gasteiger charge is -2.30. The Balaban J connectivity index is 1.29. The summed E-state index contributed by atoms with van der Waals surface area (Å²) in [7, 11) is 1.40. The molecule has 4 atom stereocenters. The first kappa shape index (κ1) is 29.5. The number of carbonyl (C=O) groups excluding carboxylic acids is 2. The van der Waals surface area contributed by atoms with Crippen molar-refractivity contribution in [3.8, 4) is 16.9 Å². The van der Waals surface area contributed by atoms with Crippen LogP contribution in [0, 0.1) is 41.1 Å². The molecule has 3 aliphatic carbocycles. The highest BCUT2D eigenvalue weighted by Gasteiger charge is 2.55. The number of nitrogens with one attached hydrogen (secondary N) is 2. The Kier molecular flexibility index (Phi) is 7.92. The Bertz CT molecular complexity index is 1690. The average Bonchev–Trinajstić information content (AvgIpc) is 3.69. The molecule has 44 heavy (non-hydrogen) atoms.